The normalized spacial score (nSPS) is 14.2. The van der Waals surface area contributed by atoms with Gasteiger partial charge in [0, 0.05) is 5.92 Å². The molecule has 0 saturated carbocycles. The van der Waals surface area contributed by atoms with Crippen molar-refractivity contribution in [1.82, 2.24) is 10.1 Å². The van der Waals surface area contributed by atoms with Crippen LogP contribution in [0.1, 0.15) is 53.4 Å². The number of aromatic nitrogens is 2. The average molecular weight is 282 g/mol. The van der Waals surface area contributed by atoms with Crippen molar-refractivity contribution in [1.29, 1.82) is 0 Å². The van der Waals surface area contributed by atoms with Gasteiger partial charge in [-0.15, -0.1) is 0 Å². The van der Waals surface area contributed by atoms with Gasteiger partial charge >= 0.3 is 6.01 Å². The van der Waals surface area contributed by atoms with E-state index in [1.165, 1.54) is 0 Å². The summed E-state index contributed by atoms with van der Waals surface area (Å²) in [5.41, 5.74) is 5.39. The van der Waals surface area contributed by atoms with E-state index in [0.717, 1.165) is 25.7 Å². The number of carbonyl (C=O) groups excluding carboxylic acids is 1. The number of carbonyl (C=O) groups is 1. The third kappa shape index (κ3) is 4.51. The van der Waals surface area contributed by atoms with Crippen molar-refractivity contribution in [2.75, 3.05) is 11.1 Å². The van der Waals surface area contributed by atoms with E-state index >= 15 is 0 Å². The maximum atomic E-state index is 12.7. The zero-order valence-electron chi connectivity index (χ0n) is 12.8. The van der Waals surface area contributed by atoms with Gasteiger partial charge in [0.05, 0.1) is 6.04 Å². The highest BCUT2D eigenvalue weighted by Crippen LogP contribution is 2.21. The predicted octanol–water partition coefficient (Wildman–Crippen LogP) is 2.87. The summed E-state index contributed by atoms with van der Waals surface area (Å²) < 4.78 is 4.72. The van der Waals surface area contributed by atoms with Gasteiger partial charge in [-0.2, -0.15) is 4.98 Å². The maximum Gasteiger partial charge on any atom is 0.320 e. The summed E-state index contributed by atoms with van der Waals surface area (Å²) in [5.74, 6) is 0.733. The molecule has 1 heterocycles. The number of anilines is 2. The SMILES string of the molecule is CCCCC(CC)C(=O)[C@@H](Nc1noc(N)n1)C(C)C. The van der Waals surface area contributed by atoms with Crippen molar-refractivity contribution in [3.63, 3.8) is 0 Å². The molecule has 20 heavy (non-hydrogen) atoms. The van der Waals surface area contributed by atoms with E-state index in [1.54, 1.807) is 0 Å². The van der Waals surface area contributed by atoms with Gasteiger partial charge in [-0.05, 0) is 23.9 Å². The quantitative estimate of drug-likeness (QED) is 0.723. The molecule has 0 aliphatic rings. The number of nitrogens with zero attached hydrogens (tertiary/aromatic N) is 2. The Morgan fingerprint density at radius 2 is 2.10 bits per heavy atom. The second-order valence-electron chi connectivity index (χ2n) is 5.47. The molecule has 0 bridgehead atoms. The summed E-state index contributed by atoms with van der Waals surface area (Å²) in [6, 6.07) is -0.311. The van der Waals surface area contributed by atoms with E-state index in [0.29, 0.717) is 0 Å². The topological polar surface area (TPSA) is 94.0 Å². The fraction of sp³-hybridized carbons (Fsp3) is 0.786. The summed E-state index contributed by atoms with van der Waals surface area (Å²) in [4.78, 5) is 16.6. The van der Waals surface area contributed by atoms with Crippen LogP contribution >= 0.6 is 0 Å². The molecule has 0 radical (unpaired) electrons. The number of Topliss-reactive ketones (excluding diaryl/α,β-unsaturated/α-hetero) is 1. The molecule has 1 aromatic rings. The van der Waals surface area contributed by atoms with Gasteiger partial charge < -0.3 is 15.6 Å². The van der Waals surface area contributed by atoms with Crippen molar-refractivity contribution in [3.05, 3.63) is 0 Å². The van der Waals surface area contributed by atoms with E-state index in [4.69, 9.17) is 10.3 Å². The first-order valence-electron chi connectivity index (χ1n) is 7.39. The molecule has 1 aromatic heterocycles. The zero-order valence-corrected chi connectivity index (χ0v) is 12.8. The molecule has 1 unspecified atom stereocenters. The second-order valence-corrected chi connectivity index (χ2v) is 5.47. The number of nitrogens with two attached hydrogens (primary N) is 1. The zero-order chi connectivity index (χ0) is 15.1. The van der Waals surface area contributed by atoms with Gasteiger partial charge in [0.2, 0.25) is 0 Å². The highest BCUT2D eigenvalue weighted by atomic mass is 16.5. The average Bonchev–Trinajstić information content (AvgIpc) is 2.81. The van der Waals surface area contributed by atoms with Crippen LogP contribution < -0.4 is 11.1 Å². The molecule has 6 heteroatoms. The highest BCUT2D eigenvalue weighted by molar-refractivity contribution is 5.88. The molecule has 0 saturated heterocycles. The first-order chi connectivity index (χ1) is 9.49. The lowest BCUT2D eigenvalue weighted by atomic mass is 9.86. The minimum atomic E-state index is -0.311. The Morgan fingerprint density at radius 1 is 1.40 bits per heavy atom. The lowest BCUT2D eigenvalue weighted by molar-refractivity contribution is -0.124. The highest BCUT2D eigenvalue weighted by Gasteiger charge is 2.28. The van der Waals surface area contributed by atoms with Gasteiger partial charge in [-0.1, -0.05) is 40.5 Å². The molecule has 0 amide bonds. The first-order valence-corrected chi connectivity index (χ1v) is 7.39. The largest absolute Gasteiger partial charge is 0.351 e. The van der Waals surface area contributed by atoms with Crippen molar-refractivity contribution in [2.24, 2.45) is 11.8 Å². The molecule has 0 aliphatic carbocycles. The molecule has 1 rings (SSSR count). The minimum absolute atomic E-state index is 0.000444. The van der Waals surface area contributed by atoms with Crippen molar-refractivity contribution in [2.45, 2.75) is 59.4 Å². The lowest BCUT2D eigenvalue weighted by Crippen LogP contribution is -2.39. The van der Waals surface area contributed by atoms with Gasteiger partial charge in [0.25, 0.3) is 5.95 Å². The van der Waals surface area contributed by atoms with Crippen LogP contribution in [0.2, 0.25) is 0 Å². The van der Waals surface area contributed by atoms with Crippen molar-refractivity contribution in [3.8, 4) is 0 Å². The summed E-state index contributed by atoms with van der Waals surface area (Å²) >= 11 is 0. The van der Waals surface area contributed by atoms with E-state index in [-0.39, 0.29) is 35.6 Å². The maximum absolute atomic E-state index is 12.7. The standard InChI is InChI=1S/C14H26N4O2/c1-5-7-8-10(6-2)12(19)11(9(3)4)16-14-17-13(15)20-18-14/h9-11H,5-8H2,1-4H3,(H3,15,16,17,18)/t10?,11-/m0/s1. The van der Waals surface area contributed by atoms with Crippen LogP contribution in [0.3, 0.4) is 0 Å². The van der Waals surface area contributed by atoms with Gasteiger partial charge in [-0.25, -0.2) is 0 Å². The summed E-state index contributed by atoms with van der Waals surface area (Å²) in [5, 5.41) is 6.74. The predicted molar refractivity (Wildman–Crippen MR) is 79.3 cm³/mol. The number of rotatable bonds is 9. The number of nitrogens with one attached hydrogen (secondary N) is 1. The molecule has 2 atom stereocenters. The van der Waals surface area contributed by atoms with E-state index in [2.05, 4.69) is 29.3 Å². The van der Waals surface area contributed by atoms with Crippen LogP contribution in [0.15, 0.2) is 4.52 Å². The van der Waals surface area contributed by atoms with Crippen LogP contribution in [-0.4, -0.2) is 22.0 Å². The second kappa shape index (κ2) is 7.87. The van der Waals surface area contributed by atoms with Crippen LogP contribution in [-0.2, 0) is 4.79 Å². The Hall–Kier alpha value is -1.59. The van der Waals surface area contributed by atoms with E-state index in [1.807, 2.05) is 13.8 Å². The van der Waals surface area contributed by atoms with Crippen molar-refractivity contribution >= 4 is 17.7 Å². The molecule has 0 aromatic carbocycles. The number of unbranched alkanes of at least 4 members (excludes halogenated alkanes) is 1. The fourth-order valence-corrected chi connectivity index (χ4v) is 2.25. The Balaban J connectivity index is 2.75. The van der Waals surface area contributed by atoms with Gasteiger partial charge in [-0.3, -0.25) is 4.79 Å². The molecule has 6 nitrogen and oxygen atoms in total. The number of nitrogen functional groups attached to an aromatic ring is 1. The van der Waals surface area contributed by atoms with Crippen LogP contribution in [0.5, 0.6) is 0 Å². The summed E-state index contributed by atoms with van der Waals surface area (Å²) in [6.07, 6.45) is 3.97. The Labute approximate surface area is 120 Å². The van der Waals surface area contributed by atoms with Crippen LogP contribution in [0, 0.1) is 11.8 Å². The first kappa shape index (κ1) is 16.5. The smallest absolute Gasteiger partial charge is 0.320 e. The molecular formula is C14H26N4O2. The molecule has 0 aliphatic heterocycles. The Bertz CT molecular complexity index is 417. The number of ketones is 1. The molecule has 0 spiro atoms. The minimum Gasteiger partial charge on any atom is -0.351 e. The Kier molecular flexibility index (Phi) is 6.48. The monoisotopic (exact) mass is 282 g/mol. The molecular weight excluding hydrogens is 256 g/mol. The molecule has 114 valence electrons. The third-order valence-corrected chi connectivity index (χ3v) is 3.50. The number of hydrogen-bond donors (Lipinski definition) is 2. The van der Waals surface area contributed by atoms with Crippen LogP contribution in [0.4, 0.5) is 12.0 Å². The van der Waals surface area contributed by atoms with E-state index < -0.39 is 0 Å². The fourth-order valence-electron chi connectivity index (χ4n) is 2.25. The lowest BCUT2D eigenvalue weighted by Gasteiger charge is -2.24. The van der Waals surface area contributed by atoms with Gasteiger partial charge in [0.1, 0.15) is 0 Å². The van der Waals surface area contributed by atoms with Crippen molar-refractivity contribution < 1.29 is 9.32 Å². The molecule has 0 fully saturated rings. The summed E-state index contributed by atoms with van der Waals surface area (Å²) in [7, 11) is 0. The van der Waals surface area contributed by atoms with E-state index in [9.17, 15) is 4.79 Å². The Morgan fingerprint density at radius 3 is 2.55 bits per heavy atom. The summed E-state index contributed by atoms with van der Waals surface area (Å²) in [6.45, 7) is 8.20. The van der Waals surface area contributed by atoms with Gasteiger partial charge in [0.15, 0.2) is 5.78 Å². The van der Waals surface area contributed by atoms with Crippen LogP contribution in [0.25, 0.3) is 0 Å². The number of hydrogen-bond acceptors (Lipinski definition) is 6. The third-order valence-electron chi connectivity index (χ3n) is 3.50. The molecule has 3 N–H and O–H groups in total.